The molecule has 5 nitrogen and oxygen atoms in total. The summed E-state index contributed by atoms with van der Waals surface area (Å²) < 4.78 is 5.31. The number of hydrogen-bond donors (Lipinski definition) is 1. The van der Waals surface area contributed by atoms with Crippen LogP contribution in [0.2, 0.25) is 0 Å². The Morgan fingerprint density at radius 2 is 2.24 bits per heavy atom. The number of carbonyl (C=O) groups excluding carboxylic acids is 1. The fraction of sp³-hybridized carbons (Fsp3) is 0.667. The maximum atomic E-state index is 12.2. The SMILES string of the molecule is CC(C)Cc1ocnc1C(=O)N1CCNCC1. The van der Waals surface area contributed by atoms with Gasteiger partial charge in [-0.1, -0.05) is 13.8 Å². The fourth-order valence-corrected chi connectivity index (χ4v) is 1.98. The number of hydrogen-bond acceptors (Lipinski definition) is 4. The second-order valence-corrected chi connectivity index (χ2v) is 4.76. The van der Waals surface area contributed by atoms with Crippen LogP contribution in [0.4, 0.5) is 0 Å². The van der Waals surface area contributed by atoms with Gasteiger partial charge in [-0.05, 0) is 5.92 Å². The van der Waals surface area contributed by atoms with Crippen LogP contribution in [0.3, 0.4) is 0 Å². The van der Waals surface area contributed by atoms with E-state index in [2.05, 4.69) is 24.1 Å². The Morgan fingerprint density at radius 1 is 1.53 bits per heavy atom. The minimum atomic E-state index is -0.00380. The highest BCUT2D eigenvalue weighted by Crippen LogP contribution is 2.15. The van der Waals surface area contributed by atoms with E-state index >= 15 is 0 Å². The van der Waals surface area contributed by atoms with Crippen molar-refractivity contribution in [1.82, 2.24) is 15.2 Å². The van der Waals surface area contributed by atoms with Crippen molar-refractivity contribution >= 4 is 5.91 Å². The van der Waals surface area contributed by atoms with Crippen molar-refractivity contribution in [1.29, 1.82) is 0 Å². The van der Waals surface area contributed by atoms with E-state index in [0.717, 1.165) is 32.6 Å². The van der Waals surface area contributed by atoms with Gasteiger partial charge in [0.1, 0.15) is 5.76 Å². The van der Waals surface area contributed by atoms with Crippen molar-refractivity contribution in [3.05, 3.63) is 17.8 Å². The third-order valence-corrected chi connectivity index (χ3v) is 2.84. The topological polar surface area (TPSA) is 58.4 Å². The first-order chi connectivity index (χ1) is 8.18. The van der Waals surface area contributed by atoms with E-state index in [-0.39, 0.29) is 5.91 Å². The molecule has 0 unspecified atom stereocenters. The van der Waals surface area contributed by atoms with Gasteiger partial charge in [-0.25, -0.2) is 4.98 Å². The van der Waals surface area contributed by atoms with E-state index in [0.29, 0.717) is 17.4 Å². The van der Waals surface area contributed by atoms with Crippen LogP contribution in [0.1, 0.15) is 30.1 Å². The summed E-state index contributed by atoms with van der Waals surface area (Å²) in [5.41, 5.74) is 0.487. The molecule has 17 heavy (non-hydrogen) atoms. The minimum absolute atomic E-state index is 0.00380. The van der Waals surface area contributed by atoms with Gasteiger partial charge in [-0.3, -0.25) is 4.79 Å². The Bertz CT molecular complexity index is 381. The smallest absolute Gasteiger partial charge is 0.276 e. The van der Waals surface area contributed by atoms with E-state index in [1.807, 2.05) is 4.90 Å². The average Bonchev–Trinajstić information content (AvgIpc) is 2.76. The number of aromatic nitrogens is 1. The predicted octanol–water partition coefficient (Wildman–Crippen LogP) is 0.918. The first-order valence-electron chi connectivity index (χ1n) is 6.11. The summed E-state index contributed by atoms with van der Waals surface area (Å²) in [6.07, 6.45) is 2.13. The van der Waals surface area contributed by atoms with Crippen molar-refractivity contribution in [2.45, 2.75) is 20.3 Å². The molecule has 1 N–H and O–H groups in total. The summed E-state index contributed by atoms with van der Waals surface area (Å²) in [5, 5.41) is 3.22. The van der Waals surface area contributed by atoms with Crippen LogP contribution in [0.25, 0.3) is 0 Å². The van der Waals surface area contributed by atoms with E-state index in [1.54, 1.807) is 0 Å². The maximum Gasteiger partial charge on any atom is 0.276 e. The molecule has 94 valence electrons. The van der Waals surface area contributed by atoms with E-state index in [4.69, 9.17) is 4.42 Å². The molecule has 1 amide bonds. The van der Waals surface area contributed by atoms with Gasteiger partial charge in [0.15, 0.2) is 12.1 Å². The molecule has 0 atom stereocenters. The number of piperazine rings is 1. The summed E-state index contributed by atoms with van der Waals surface area (Å²) in [7, 11) is 0. The lowest BCUT2D eigenvalue weighted by atomic mass is 10.1. The lowest BCUT2D eigenvalue weighted by Gasteiger charge is -2.26. The highest BCUT2D eigenvalue weighted by atomic mass is 16.3. The fourth-order valence-electron chi connectivity index (χ4n) is 1.98. The van der Waals surface area contributed by atoms with Crippen LogP contribution in [-0.2, 0) is 6.42 Å². The summed E-state index contributed by atoms with van der Waals surface area (Å²) in [4.78, 5) is 18.1. The van der Waals surface area contributed by atoms with Gasteiger partial charge in [0.05, 0.1) is 0 Å². The summed E-state index contributed by atoms with van der Waals surface area (Å²) in [5.74, 6) is 1.16. The molecule has 0 radical (unpaired) electrons. The Balaban J connectivity index is 2.10. The molecule has 2 rings (SSSR count). The molecule has 1 fully saturated rings. The monoisotopic (exact) mass is 237 g/mol. The molecule has 1 aromatic rings. The number of oxazole rings is 1. The molecule has 0 aliphatic carbocycles. The molecule has 1 aliphatic heterocycles. The lowest BCUT2D eigenvalue weighted by Crippen LogP contribution is -2.46. The molecule has 0 bridgehead atoms. The number of amides is 1. The van der Waals surface area contributed by atoms with Crippen molar-refractivity contribution < 1.29 is 9.21 Å². The van der Waals surface area contributed by atoms with E-state index < -0.39 is 0 Å². The highest BCUT2D eigenvalue weighted by Gasteiger charge is 2.24. The molecule has 2 heterocycles. The van der Waals surface area contributed by atoms with Gasteiger partial charge in [0.2, 0.25) is 0 Å². The Hall–Kier alpha value is -1.36. The van der Waals surface area contributed by atoms with Crippen molar-refractivity contribution in [2.75, 3.05) is 26.2 Å². The van der Waals surface area contributed by atoms with Crippen LogP contribution < -0.4 is 5.32 Å². The Morgan fingerprint density at radius 3 is 2.88 bits per heavy atom. The van der Waals surface area contributed by atoms with Gasteiger partial charge >= 0.3 is 0 Å². The van der Waals surface area contributed by atoms with Crippen molar-refractivity contribution in [3.63, 3.8) is 0 Å². The van der Waals surface area contributed by atoms with E-state index in [9.17, 15) is 4.79 Å². The van der Waals surface area contributed by atoms with Crippen LogP contribution in [0.15, 0.2) is 10.8 Å². The third-order valence-electron chi connectivity index (χ3n) is 2.84. The second-order valence-electron chi connectivity index (χ2n) is 4.76. The third kappa shape index (κ3) is 2.85. The van der Waals surface area contributed by atoms with Gasteiger partial charge < -0.3 is 14.6 Å². The molecule has 1 saturated heterocycles. The molecular weight excluding hydrogens is 218 g/mol. The standard InChI is InChI=1S/C12H19N3O2/c1-9(2)7-10-11(14-8-17-10)12(16)15-5-3-13-4-6-15/h8-9,13H,3-7H2,1-2H3. The number of nitrogens with one attached hydrogen (secondary N) is 1. The molecule has 0 saturated carbocycles. The first-order valence-corrected chi connectivity index (χ1v) is 6.11. The van der Waals surface area contributed by atoms with Gasteiger partial charge in [-0.15, -0.1) is 0 Å². The van der Waals surface area contributed by atoms with Crippen LogP contribution in [-0.4, -0.2) is 42.0 Å². The number of rotatable bonds is 3. The normalized spacial score (nSPS) is 16.5. The largest absolute Gasteiger partial charge is 0.448 e. The molecule has 1 aliphatic rings. The lowest BCUT2D eigenvalue weighted by molar-refractivity contribution is 0.0728. The predicted molar refractivity (Wildman–Crippen MR) is 63.8 cm³/mol. The molecular formula is C12H19N3O2. The molecule has 0 spiro atoms. The minimum Gasteiger partial charge on any atom is -0.448 e. The highest BCUT2D eigenvalue weighted by molar-refractivity contribution is 5.93. The van der Waals surface area contributed by atoms with E-state index in [1.165, 1.54) is 6.39 Å². The zero-order chi connectivity index (χ0) is 12.3. The van der Waals surface area contributed by atoms with Crippen molar-refractivity contribution in [3.8, 4) is 0 Å². The second kappa shape index (κ2) is 5.31. The zero-order valence-electron chi connectivity index (χ0n) is 10.4. The first kappa shape index (κ1) is 12.1. The Labute approximate surface area is 101 Å². The summed E-state index contributed by atoms with van der Waals surface area (Å²) >= 11 is 0. The summed E-state index contributed by atoms with van der Waals surface area (Å²) in [6, 6.07) is 0. The van der Waals surface area contributed by atoms with Crippen LogP contribution >= 0.6 is 0 Å². The average molecular weight is 237 g/mol. The van der Waals surface area contributed by atoms with Gasteiger partial charge in [-0.2, -0.15) is 0 Å². The van der Waals surface area contributed by atoms with Crippen LogP contribution in [0, 0.1) is 5.92 Å². The molecule has 5 heteroatoms. The molecule has 0 aromatic carbocycles. The quantitative estimate of drug-likeness (QED) is 0.849. The van der Waals surface area contributed by atoms with Gasteiger partial charge in [0, 0.05) is 32.6 Å². The zero-order valence-corrected chi connectivity index (χ0v) is 10.4. The van der Waals surface area contributed by atoms with Crippen molar-refractivity contribution in [2.24, 2.45) is 5.92 Å². The van der Waals surface area contributed by atoms with Crippen LogP contribution in [0.5, 0.6) is 0 Å². The number of nitrogens with zero attached hydrogens (tertiary/aromatic N) is 2. The van der Waals surface area contributed by atoms with Gasteiger partial charge in [0.25, 0.3) is 5.91 Å². The summed E-state index contributed by atoms with van der Waals surface area (Å²) in [6.45, 7) is 7.38. The molecule has 1 aromatic heterocycles. The maximum absolute atomic E-state index is 12.2. The number of carbonyl (C=O) groups is 1. The Kier molecular flexibility index (Phi) is 3.78.